The quantitative estimate of drug-likeness (QED) is 0.739. The number of carbonyl (C=O) groups is 2. The van der Waals surface area contributed by atoms with Crippen LogP contribution >= 0.6 is 0 Å². The summed E-state index contributed by atoms with van der Waals surface area (Å²) >= 11 is 0. The number of nitrogens with zero attached hydrogens (tertiary/aromatic N) is 3. The van der Waals surface area contributed by atoms with Crippen molar-refractivity contribution in [1.29, 1.82) is 0 Å². The Bertz CT molecular complexity index is 962. The standard InChI is InChI=1S/C23H30FN5O3/c1-14-3-5-17(6-4-14)26-22(30)15-8-11-29(12-9-15)23(31)21-19(24)20(27-28-21)16-7-10-25-18(13-16)32-2/h7,10,13-15,17H,3-6,8-9,11-12H2,1-2H3,(H,26,30)(H,27,28). The minimum absolute atomic E-state index is 0.0801. The summed E-state index contributed by atoms with van der Waals surface area (Å²) in [4.78, 5) is 31.1. The first-order valence-corrected chi connectivity index (χ1v) is 11.3. The van der Waals surface area contributed by atoms with Gasteiger partial charge in [-0.05, 0) is 50.5 Å². The third kappa shape index (κ3) is 4.76. The van der Waals surface area contributed by atoms with E-state index in [4.69, 9.17) is 4.74 Å². The van der Waals surface area contributed by atoms with E-state index in [1.807, 2.05) is 0 Å². The molecule has 2 aromatic rings. The number of ether oxygens (including phenoxy) is 1. The van der Waals surface area contributed by atoms with Crippen LogP contribution in [0.25, 0.3) is 11.3 Å². The first kappa shape index (κ1) is 22.2. The van der Waals surface area contributed by atoms with E-state index in [1.54, 1.807) is 17.0 Å². The Morgan fingerprint density at radius 3 is 2.59 bits per heavy atom. The first-order chi connectivity index (χ1) is 15.5. The molecule has 2 aromatic heterocycles. The molecule has 0 bridgehead atoms. The SMILES string of the molecule is COc1cc(-c2[nH]nc(C(=O)N3CCC(C(=O)NC4CCC(C)CC4)CC3)c2F)ccn1. The Hall–Kier alpha value is -2.97. The lowest BCUT2D eigenvalue weighted by Gasteiger charge is -2.33. The number of pyridine rings is 1. The van der Waals surface area contributed by atoms with Crippen LogP contribution in [0.1, 0.15) is 55.9 Å². The fourth-order valence-corrected chi connectivity index (χ4v) is 4.56. The molecule has 32 heavy (non-hydrogen) atoms. The second-order valence-corrected chi connectivity index (χ2v) is 8.88. The maximum Gasteiger partial charge on any atom is 0.277 e. The summed E-state index contributed by atoms with van der Waals surface area (Å²) in [5.41, 5.74) is 0.369. The van der Waals surface area contributed by atoms with Crippen LogP contribution in [0.2, 0.25) is 0 Å². The van der Waals surface area contributed by atoms with Crippen molar-refractivity contribution >= 4 is 11.8 Å². The van der Waals surface area contributed by atoms with Gasteiger partial charge in [0.2, 0.25) is 11.8 Å². The molecule has 1 aliphatic carbocycles. The summed E-state index contributed by atoms with van der Waals surface area (Å²) in [6.07, 6.45) is 7.02. The van der Waals surface area contributed by atoms with Crippen LogP contribution in [0.3, 0.4) is 0 Å². The second kappa shape index (κ2) is 9.67. The van der Waals surface area contributed by atoms with Crippen molar-refractivity contribution in [3.05, 3.63) is 29.8 Å². The summed E-state index contributed by atoms with van der Waals surface area (Å²) in [5, 5.41) is 9.74. The van der Waals surface area contributed by atoms with Gasteiger partial charge in [0.05, 0.1) is 7.11 Å². The summed E-state index contributed by atoms with van der Waals surface area (Å²) < 4.78 is 20.1. The van der Waals surface area contributed by atoms with Crippen molar-refractivity contribution < 1.29 is 18.7 Å². The smallest absolute Gasteiger partial charge is 0.277 e. The number of hydrogen-bond donors (Lipinski definition) is 2. The zero-order chi connectivity index (χ0) is 22.7. The lowest BCUT2D eigenvalue weighted by atomic mass is 9.86. The van der Waals surface area contributed by atoms with E-state index in [0.717, 1.165) is 31.6 Å². The molecule has 0 atom stereocenters. The number of methoxy groups -OCH3 is 1. The number of rotatable bonds is 5. The average Bonchev–Trinajstić information content (AvgIpc) is 3.21. The average molecular weight is 444 g/mol. The van der Waals surface area contributed by atoms with E-state index >= 15 is 0 Å². The molecular formula is C23H30FN5O3. The predicted molar refractivity (Wildman–Crippen MR) is 117 cm³/mol. The molecule has 4 rings (SSSR count). The number of likely N-dealkylation sites (tertiary alicyclic amines) is 1. The highest BCUT2D eigenvalue weighted by molar-refractivity contribution is 5.94. The Labute approximate surface area is 186 Å². The molecule has 2 aliphatic rings. The molecule has 8 nitrogen and oxygen atoms in total. The minimum Gasteiger partial charge on any atom is -0.481 e. The lowest BCUT2D eigenvalue weighted by molar-refractivity contribution is -0.127. The third-order valence-corrected chi connectivity index (χ3v) is 6.66. The Balaban J connectivity index is 1.34. The van der Waals surface area contributed by atoms with Crippen molar-refractivity contribution in [2.45, 2.75) is 51.5 Å². The normalized spacial score (nSPS) is 21.9. The molecule has 1 aliphatic heterocycles. The molecule has 3 heterocycles. The zero-order valence-electron chi connectivity index (χ0n) is 18.6. The summed E-state index contributed by atoms with van der Waals surface area (Å²) in [5.74, 6) is -0.118. The first-order valence-electron chi connectivity index (χ1n) is 11.3. The van der Waals surface area contributed by atoms with Gasteiger partial charge in [0.25, 0.3) is 5.91 Å². The van der Waals surface area contributed by atoms with Gasteiger partial charge in [-0.15, -0.1) is 0 Å². The largest absolute Gasteiger partial charge is 0.481 e. The highest BCUT2D eigenvalue weighted by Crippen LogP contribution is 2.27. The summed E-state index contributed by atoms with van der Waals surface area (Å²) in [6, 6.07) is 3.45. The van der Waals surface area contributed by atoms with Crippen molar-refractivity contribution in [1.82, 2.24) is 25.4 Å². The number of aromatic amines is 1. The van der Waals surface area contributed by atoms with Crippen LogP contribution in [0.4, 0.5) is 4.39 Å². The molecule has 9 heteroatoms. The topological polar surface area (TPSA) is 100 Å². The molecule has 0 radical (unpaired) electrons. The monoisotopic (exact) mass is 443 g/mol. The van der Waals surface area contributed by atoms with Crippen LogP contribution in [0.15, 0.2) is 18.3 Å². The Kier molecular flexibility index (Phi) is 6.72. The van der Waals surface area contributed by atoms with Crippen LogP contribution in [0, 0.1) is 17.7 Å². The number of aromatic nitrogens is 3. The van der Waals surface area contributed by atoms with Crippen LogP contribution < -0.4 is 10.1 Å². The van der Waals surface area contributed by atoms with Gasteiger partial charge in [-0.25, -0.2) is 9.37 Å². The van der Waals surface area contributed by atoms with Crippen molar-refractivity contribution in [3.8, 4) is 17.1 Å². The van der Waals surface area contributed by atoms with Gasteiger partial charge in [-0.2, -0.15) is 5.10 Å². The van der Waals surface area contributed by atoms with E-state index in [2.05, 4.69) is 27.4 Å². The maximum absolute atomic E-state index is 15.0. The molecule has 1 saturated carbocycles. The number of H-pyrrole nitrogens is 1. The number of hydrogen-bond acceptors (Lipinski definition) is 5. The maximum atomic E-state index is 15.0. The highest BCUT2D eigenvalue weighted by atomic mass is 19.1. The highest BCUT2D eigenvalue weighted by Gasteiger charge is 2.32. The van der Waals surface area contributed by atoms with Crippen LogP contribution in [0.5, 0.6) is 5.88 Å². The summed E-state index contributed by atoms with van der Waals surface area (Å²) in [7, 11) is 1.48. The number of amides is 2. The van der Waals surface area contributed by atoms with Crippen LogP contribution in [-0.4, -0.2) is 58.1 Å². The molecule has 0 spiro atoms. The third-order valence-electron chi connectivity index (χ3n) is 6.66. The van der Waals surface area contributed by atoms with E-state index in [1.165, 1.54) is 13.3 Å². The van der Waals surface area contributed by atoms with Gasteiger partial charge in [0.1, 0.15) is 5.69 Å². The van der Waals surface area contributed by atoms with Gasteiger partial charge in [-0.3, -0.25) is 14.7 Å². The lowest BCUT2D eigenvalue weighted by Crippen LogP contribution is -2.46. The second-order valence-electron chi connectivity index (χ2n) is 8.88. The fourth-order valence-electron chi connectivity index (χ4n) is 4.56. The Morgan fingerprint density at radius 2 is 1.91 bits per heavy atom. The zero-order valence-corrected chi connectivity index (χ0v) is 18.6. The van der Waals surface area contributed by atoms with Crippen molar-refractivity contribution in [2.75, 3.05) is 20.2 Å². The van der Waals surface area contributed by atoms with E-state index in [0.29, 0.717) is 37.4 Å². The molecule has 2 amide bonds. The van der Waals surface area contributed by atoms with Crippen molar-refractivity contribution in [2.24, 2.45) is 11.8 Å². The van der Waals surface area contributed by atoms with Gasteiger partial charge in [0, 0.05) is 42.9 Å². The van der Waals surface area contributed by atoms with Gasteiger partial charge < -0.3 is 15.0 Å². The minimum atomic E-state index is -0.699. The van der Waals surface area contributed by atoms with E-state index in [-0.39, 0.29) is 29.3 Å². The Morgan fingerprint density at radius 1 is 1.19 bits per heavy atom. The number of halogens is 1. The molecule has 0 unspecified atom stereocenters. The molecule has 2 N–H and O–H groups in total. The number of carbonyl (C=O) groups excluding carboxylic acids is 2. The molecule has 1 saturated heterocycles. The molecule has 2 fully saturated rings. The number of nitrogens with one attached hydrogen (secondary N) is 2. The summed E-state index contributed by atoms with van der Waals surface area (Å²) in [6.45, 7) is 3.07. The molecule has 0 aromatic carbocycles. The van der Waals surface area contributed by atoms with Crippen LogP contribution in [-0.2, 0) is 4.79 Å². The van der Waals surface area contributed by atoms with Gasteiger partial charge >= 0.3 is 0 Å². The number of piperidine rings is 1. The van der Waals surface area contributed by atoms with E-state index in [9.17, 15) is 14.0 Å². The van der Waals surface area contributed by atoms with E-state index < -0.39 is 11.7 Å². The fraction of sp³-hybridized carbons (Fsp3) is 0.565. The molecule has 172 valence electrons. The van der Waals surface area contributed by atoms with Gasteiger partial charge in [0.15, 0.2) is 11.5 Å². The molecular weight excluding hydrogens is 413 g/mol. The van der Waals surface area contributed by atoms with Crippen molar-refractivity contribution in [3.63, 3.8) is 0 Å². The predicted octanol–water partition coefficient (Wildman–Crippen LogP) is 3.17. The van der Waals surface area contributed by atoms with Gasteiger partial charge in [-0.1, -0.05) is 6.92 Å².